The number of piperidine rings is 1. The van der Waals surface area contributed by atoms with Gasteiger partial charge in [0.05, 0.1) is 5.41 Å². The second kappa shape index (κ2) is 6.97. The van der Waals surface area contributed by atoms with Gasteiger partial charge in [-0.15, -0.1) is 0 Å². The van der Waals surface area contributed by atoms with Crippen molar-refractivity contribution < 1.29 is 14.6 Å². The Kier molecular flexibility index (Phi) is 5.92. The van der Waals surface area contributed by atoms with E-state index in [0.29, 0.717) is 0 Å². The zero-order chi connectivity index (χ0) is 12.7. The highest BCUT2D eigenvalue weighted by atomic mass is 16.5. The van der Waals surface area contributed by atoms with Gasteiger partial charge in [-0.3, -0.25) is 4.79 Å². The zero-order valence-corrected chi connectivity index (χ0v) is 11.1. The number of carbonyl (C=O) groups is 1. The summed E-state index contributed by atoms with van der Waals surface area (Å²) in [6.07, 6.45) is 3.36. The minimum atomic E-state index is -0.617. The van der Waals surface area contributed by atoms with Gasteiger partial charge < -0.3 is 14.7 Å². The lowest BCUT2D eigenvalue weighted by Gasteiger charge is -2.38. The van der Waals surface area contributed by atoms with E-state index in [4.69, 9.17) is 4.74 Å². The zero-order valence-electron chi connectivity index (χ0n) is 11.1. The van der Waals surface area contributed by atoms with E-state index >= 15 is 0 Å². The first-order chi connectivity index (χ1) is 8.14. The van der Waals surface area contributed by atoms with Crippen molar-refractivity contribution in [2.45, 2.75) is 39.5 Å². The predicted molar refractivity (Wildman–Crippen MR) is 67.1 cm³/mol. The van der Waals surface area contributed by atoms with Gasteiger partial charge in [-0.2, -0.15) is 0 Å². The summed E-state index contributed by atoms with van der Waals surface area (Å²) < 4.78 is 5.30. The molecule has 1 saturated heterocycles. The van der Waals surface area contributed by atoms with Crippen LogP contribution in [-0.4, -0.2) is 48.8 Å². The number of carboxylic acids is 1. The summed E-state index contributed by atoms with van der Waals surface area (Å²) >= 11 is 0. The molecule has 1 heterocycles. The summed E-state index contributed by atoms with van der Waals surface area (Å²) in [6.45, 7) is 8.42. The fraction of sp³-hybridized carbons (Fsp3) is 0.923. The van der Waals surface area contributed by atoms with Crippen molar-refractivity contribution in [2.75, 3.05) is 32.8 Å². The highest BCUT2D eigenvalue weighted by Crippen LogP contribution is 2.35. The van der Waals surface area contributed by atoms with Crippen molar-refractivity contribution in [3.8, 4) is 0 Å². The summed E-state index contributed by atoms with van der Waals surface area (Å²) in [4.78, 5) is 13.6. The summed E-state index contributed by atoms with van der Waals surface area (Å²) in [5.41, 5.74) is -0.462. The average Bonchev–Trinajstić information content (AvgIpc) is 2.35. The molecule has 0 unspecified atom stereocenters. The third-order valence-electron chi connectivity index (χ3n) is 3.91. The molecule has 1 rings (SSSR count). The van der Waals surface area contributed by atoms with Gasteiger partial charge in [0.2, 0.25) is 0 Å². The SMILES string of the molecule is CCOCCCN1CCC(CC)(C(=O)O)CC1. The van der Waals surface area contributed by atoms with Gasteiger partial charge in [-0.05, 0) is 45.7 Å². The molecule has 0 radical (unpaired) electrons. The third-order valence-corrected chi connectivity index (χ3v) is 3.91. The molecule has 1 fully saturated rings. The molecule has 1 aliphatic heterocycles. The molecule has 0 spiro atoms. The van der Waals surface area contributed by atoms with Crippen LogP contribution in [0.15, 0.2) is 0 Å². The van der Waals surface area contributed by atoms with E-state index in [9.17, 15) is 9.90 Å². The van der Waals surface area contributed by atoms with E-state index in [0.717, 1.165) is 58.5 Å². The van der Waals surface area contributed by atoms with E-state index in [1.807, 2.05) is 13.8 Å². The van der Waals surface area contributed by atoms with E-state index < -0.39 is 11.4 Å². The molecule has 1 N–H and O–H groups in total. The number of rotatable bonds is 7. The molecule has 0 bridgehead atoms. The molecule has 0 aromatic heterocycles. The van der Waals surface area contributed by atoms with Crippen LogP contribution in [0.4, 0.5) is 0 Å². The van der Waals surface area contributed by atoms with Crippen LogP contribution in [0.2, 0.25) is 0 Å². The van der Waals surface area contributed by atoms with Gasteiger partial charge >= 0.3 is 5.97 Å². The Morgan fingerprint density at radius 1 is 1.35 bits per heavy atom. The maximum absolute atomic E-state index is 11.3. The molecular formula is C13H25NO3. The predicted octanol–water partition coefficient (Wildman–Crippen LogP) is 1.99. The van der Waals surface area contributed by atoms with Crippen molar-refractivity contribution in [2.24, 2.45) is 5.41 Å². The number of nitrogens with zero attached hydrogens (tertiary/aromatic N) is 1. The summed E-state index contributed by atoms with van der Waals surface area (Å²) in [7, 11) is 0. The van der Waals surface area contributed by atoms with Gasteiger partial charge in [-0.25, -0.2) is 0 Å². The summed E-state index contributed by atoms with van der Waals surface area (Å²) in [5.74, 6) is -0.617. The van der Waals surface area contributed by atoms with Gasteiger partial charge in [0, 0.05) is 19.8 Å². The maximum Gasteiger partial charge on any atom is 0.309 e. The van der Waals surface area contributed by atoms with E-state index in [-0.39, 0.29) is 0 Å². The molecule has 17 heavy (non-hydrogen) atoms. The Hall–Kier alpha value is -0.610. The van der Waals surface area contributed by atoms with Crippen molar-refractivity contribution in [1.82, 2.24) is 4.90 Å². The lowest BCUT2D eigenvalue weighted by Crippen LogP contribution is -2.44. The molecule has 0 aromatic carbocycles. The number of hydrogen-bond acceptors (Lipinski definition) is 3. The summed E-state index contributed by atoms with van der Waals surface area (Å²) in [5, 5.41) is 9.28. The molecular weight excluding hydrogens is 218 g/mol. The van der Waals surface area contributed by atoms with Crippen LogP contribution in [0.5, 0.6) is 0 Å². The van der Waals surface area contributed by atoms with Crippen LogP contribution in [0.25, 0.3) is 0 Å². The molecule has 0 aromatic rings. The Morgan fingerprint density at radius 3 is 2.47 bits per heavy atom. The second-order valence-corrected chi connectivity index (χ2v) is 4.83. The topological polar surface area (TPSA) is 49.8 Å². The van der Waals surface area contributed by atoms with Crippen molar-refractivity contribution in [1.29, 1.82) is 0 Å². The Labute approximate surface area is 104 Å². The van der Waals surface area contributed by atoms with Crippen LogP contribution in [-0.2, 0) is 9.53 Å². The molecule has 1 aliphatic rings. The molecule has 0 atom stereocenters. The number of likely N-dealkylation sites (tertiary alicyclic amines) is 1. The van der Waals surface area contributed by atoms with Crippen molar-refractivity contribution >= 4 is 5.97 Å². The number of hydrogen-bond donors (Lipinski definition) is 1. The minimum absolute atomic E-state index is 0.462. The lowest BCUT2D eigenvalue weighted by atomic mass is 9.76. The Bertz CT molecular complexity index is 235. The van der Waals surface area contributed by atoms with Gasteiger partial charge in [-0.1, -0.05) is 6.92 Å². The largest absolute Gasteiger partial charge is 0.481 e. The maximum atomic E-state index is 11.3. The van der Waals surface area contributed by atoms with Crippen LogP contribution in [0.1, 0.15) is 39.5 Å². The van der Waals surface area contributed by atoms with E-state index in [1.165, 1.54) is 0 Å². The third kappa shape index (κ3) is 3.96. The number of ether oxygens (including phenoxy) is 1. The van der Waals surface area contributed by atoms with Gasteiger partial charge in [0.1, 0.15) is 0 Å². The molecule has 0 saturated carbocycles. The first kappa shape index (κ1) is 14.5. The van der Waals surface area contributed by atoms with Crippen LogP contribution in [0, 0.1) is 5.41 Å². The Morgan fingerprint density at radius 2 is 2.00 bits per heavy atom. The smallest absolute Gasteiger partial charge is 0.309 e. The van der Waals surface area contributed by atoms with Crippen LogP contribution in [0.3, 0.4) is 0 Å². The summed E-state index contributed by atoms with van der Waals surface area (Å²) in [6, 6.07) is 0. The number of carboxylic acid groups (broad SMARTS) is 1. The molecule has 4 nitrogen and oxygen atoms in total. The van der Waals surface area contributed by atoms with Crippen molar-refractivity contribution in [3.63, 3.8) is 0 Å². The van der Waals surface area contributed by atoms with Crippen LogP contribution >= 0.6 is 0 Å². The molecule has 0 amide bonds. The highest BCUT2D eigenvalue weighted by molar-refractivity contribution is 5.74. The van der Waals surface area contributed by atoms with E-state index in [2.05, 4.69) is 4.90 Å². The fourth-order valence-electron chi connectivity index (χ4n) is 2.46. The highest BCUT2D eigenvalue weighted by Gasteiger charge is 2.39. The quantitative estimate of drug-likeness (QED) is 0.695. The standard InChI is InChI=1S/C13H25NO3/c1-3-13(12(15)16)6-9-14(10-7-13)8-5-11-17-4-2/h3-11H2,1-2H3,(H,15,16). The van der Waals surface area contributed by atoms with E-state index in [1.54, 1.807) is 0 Å². The first-order valence-corrected chi connectivity index (χ1v) is 6.68. The van der Waals surface area contributed by atoms with Gasteiger partial charge in [0.15, 0.2) is 0 Å². The first-order valence-electron chi connectivity index (χ1n) is 6.68. The Balaban J connectivity index is 2.27. The molecule has 100 valence electrons. The van der Waals surface area contributed by atoms with Crippen molar-refractivity contribution in [3.05, 3.63) is 0 Å². The number of aliphatic carboxylic acids is 1. The minimum Gasteiger partial charge on any atom is -0.481 e. The molecule has 0 aliphatic carbocycles. The van der Waals surface area contributed by atoms with Crippen LogP contribution < -0.4 is 0 Å². The monoisotopic (exact) mass is 243 g/mol. The van der Waals surface area contributed by atoms with Gasteiger partial charge in [0.25, 0.3) is 0 Å². The lowest BCUT2D eigenvalue weighted by molar-refractivity contribution is -0.152. The normalized spacial score (nSPS) is 20.4. The second-order valence-electron chi connectivity index (χ2n) is 4.83. The molecule has 4 heteroatoms. The fourth-order valence-corrected chi connectivity index (χ4v) is 2.46. The average molecular weight is 243 g/mol.